The van der Waals surface area contributed by atoms with E-state index in [1.807, 2.05) is 4.90 Å². The zero-order valence-electron chi connectivity index (χ0n) is 15.5. The Kier molecular flexibility index (Phi) is 4.95. The van der Waals surface area contributed by atoms with Gasteiger partial charge in [-0.05, 0) is 49.4 Å². The second kappa shape index (κ2) is 7.38. The van der Waals surface area contributed by atoms with Gasteiger partial charge >= 0.3 is 0 Å². The van der Waals surface area contributed by atoms with E-state index in [0.717, 1.165) is 19.3 Å². The van der Waals surface area contributed by atoms with E-state index in [-0.39, 0.29) is 23.7 Å². The van der Waals surface area contributed by atoms with Crippen molar-refractivity contribution >= 4 is 5.91 Å². The van der Waals surface area contributed by atoms with Gasteiger partial charge in [0.2, 0.25) is 5.91 Å². The second-order valence-corrected chi connectivity index (χ2v) is 7.67. The average molecular weight is 373 g/mol. The molecule has 1 aliphatic carbocycles. The number of nitrogens with zero attached hydrogens (tertiary/aromatic N) is 3. The molecule has 144 valence electrons. The third-order valence-corrected chi connectivity index (χ3v) is 5.71. The smallest absolute Gasteiger partial charge is 0.257 e. The van der Waals surface area contributed by atoms with Crippen LogP contribution in [-0.2, 0) is 14.9 Å². The predicted octanol–water partition coefficient (Wildman–Crippen LogP) is 3.18. The molecular weight excluding hydrogens is 349 g/mol. The highest BCUT2D eigenvalue weighted by Crippen LogP contribution is 2.46. The molecule has 0 bridgehead atoms. The zero-order valence-corrected chi connectivity index (χ0v) is 15.5. The fraction of sp³-hybridized carbons (Fsp3) is 0.550. The Balaban J connectivity index is 1.54. The Labute approximate surface area is 157 Å². The molecule has 4 rings (SSSR count). The number of hydrogen-bond donors (Lipinski definition) is 0. The van der Waals surface area contributed by atoms with Crippen LogP contribution in [0.1, 0.15) is 37.9 Å². The van der Waals surface area contributed by atoms with Crippen LogP contribution in [0, 0.1) is 11.7 Å². The quantitative estimate of drug-likeness (QED) is 0.778. The summed E-state index contributed by atoms with van der Waals surface area (Å²) in [5.74, 6) is 1.57. The van der Waals surface area contributed by atoms with Crippen molar-refractivity contribution in [2.45, 2.75) is 37.5 Å². The van der Waals surface area contributed by atoms with Crippen molar-refractivity contribution in [2.24, 2.45) is 5.92 Å². The summed E-state index contributed by atoms with van der Waals surface area (Å²) in [6.45, 7) is 1.47. The number of aromatic nitrogens is 2. The highest BCUT2D eigenvalue weighted by Gasteiger charge is 2.44. The van der Waals surface area contributed by atoms with Crippen LogP contribution in [0.4, 0.5) is 4.39 Å². The lowest BCUT2D eigenvalue weighted by atomic mass is 9.73. The zero-order chi connectivity index (χ0) is 18.9. The van der Waals surface area contributed by atoms with Crippen LogP contribution < -0.4 is 0 Å². The number of rotatable bonds is 6. The minimum atomic E-state index is -0.295. The van der Waals surface area contributed by atoms with E-state index in [4.69, 9.17) is 9.26 Å². The van der Waals surface area contributed by atoms with Gasteiger partial charge in [0.1, 0.15) is 12.4 Å². The van der Waals surface area contributed by atoms with Crippen LogP contribution in [0.3, 0.4) is 0 Å². The topological polar surface area (TPSA) is 68.5 Å². The molecule has 0 N–H and O–H groups in total. The third-order valence-electron chi connectivity index (χ3n) is 5.71. The van der Waals surface area contributed by atoms with E-state index in [9.17, 15) is 9.18 Å². The minimum absolute atomic E-state index is 0.0256. The molecule has 6 nitrogen and oxygen atoms in total. The molecule has 7 heteroatoms. The molecule has 2 heterocycles. The first-order valence-corrected chi connectivity index (χ1v) is 9.46. The summed E-state index contributed by atoms with van der Waals surface area (Å²) in [4.78, 5) is 18.6. The molecule has 1 aromatic heterocycles. The number of methoxy groups -OCH3 is 1. The lowest BCUT2D eigenvalue weighted by Crippen LogP contribution is -2.47. The summed E-state index contributed by atoms with van der Waals surface area (Å²) >= 11 is 0. The number of hydrogen-bond acceptors (Lipinski definition) is 5. The summed E-state index contributed by atoms with van der Waals surface area (Å²) in [7, 11) is 1.54. The van der Waals surface area contributed by atoms with E-state index in [2.05, 4.69) is 10.1 Å². The molecule has 2 fully saturated rings. The summed E-state index contributed by atoms with van der Waals surface area (Å²) < 4.78 is 23.6. The molecule has 0 spiro atoms. The highest BCUT2D eigenvalue weighted by atomic mass is 19.1. The van der Waals surface area contributed by atoms with Crippen LogP contribution in [-0.4, -0.2) is 47.8 Å². The van der Waals surface area contributed by atoms with Gasteiger partial charge in [-0.1, -0.05) is 18.0 Å². The SMILES string of the molecule is COCC(=O)N1CCC(CC2CC2)(c2noc(-c3ccc(F)cc3)n2)CC1. The van der Waals surface area contributed by atoms with Crippen molar-refractivity contribution in [2.75, 3.05) is 26.8 Å². The van der Waals surface area contributed by atoms with Crippen molar-refractivity contribution in [1.29, 1.82) is 0 Å². The molecule has 2 aromatic rings. The summed E-state index contributed by atoms with van der Waals surface area (Å²) in [5.41, 5.74) is 0.553. The van der Waals surface area contributed by atoms with E-state index in [0.29, 0.717) is 36.3 Å². The largest absolute Gasteiger partial charge is 0.375 e. The van der Waals surface area contributed by atoms with Gasteiger partial charge in [-0.2, -0.15) is 4.98 Å². The first-order valence-electron chi connectivity index (χ1n) is 9.46. The number of halogens is 1. The monoisotopic (exact) mass is 373 g/mol. The van der Waals surface area contributed by atoms with Crippen LogP contribution in [0.2, 0.25) is 0 Å². The Bertz CT molecular complexity index is 793. The van der Waals surface area contributed by atoms with Gasteiger partial charge in [0.05, 0.1) is 0 Å². The molecule has 27 heavy (non-hydrogen) atoms. The van der Waals surface area contributed by atoms with Crippen LogP contribution in [0.5, 0.6) is 0 Å². The second-order valence-electron chi connectivity index (χ2n) is 7.67. The van der Waals surface area contributed by atoms with Gasteiger partial charge in [0.25, 0.3) is 5.89 Å². The molecule has 1 aliphatic heterocycles. The van der Waals surface area contributed by atoms with Gasteiger partial charge < -0.3 is 14.2 Å². The number of benzene rings is 1. The molecule has 1 amide bonds. The molecule has 0 atom stereocenters. The van der Waals surface area contributed by atoms with Gasteiger partial charge in [0, 0.05) is 31.2 Å². The molecule has 1 saturated carbocycles. The van der Waals surface area contributed by atoms with Crippen LogP contribution in [0.25, 0.3) is 11.5 Å². The van der Waals surface area contributed by atoms with Crippen molar-refractivity contribution < 1.29 is 18.4 Å². The first-order chi connectivity index (χ1) is 13.1. The number of likely N-dealkylation sites (tertiary alicyclic amines) is 1. The van der Waals surface area contributed by atoms with Crippen LogP contribution >= 0.6 is 0 Å². The van der Waals surface area contributed by atoms with E-state index in [1.54, 1.807) is 12.1 Å². The molecule has 0 unspecified atom stereocenters. The number of amides is 1. The lowest BCUT2D eigenvalue weighted by Gasteiger charge is -2.40. The van der Waals surface area contributed by atoms with Crippen molar-refractivity contribution in [3.8, 4) is 11.5 Å². The Morgan fingerprint density at radius 1 is 1.30 bits per heavy atom. The maximum atomic E-state index is 13.2. The maximum absolute atomic E-state index is 13.2. The number of ether oxygens (including phenoxy) is 1. The molecule has 0 radical (unpaired) electrons. The molecule has 1 saturated heterocycles. The van der Waals surface area contributed by atoms with E-state index < -0.39 is 0 Å². The Hall–Kier alpha value is -2.28. The fourth-order valence-corrected chi connectivity index (χ4v) is 3.94. The third kappa shape index (κ3) is 3.88. The summed E-state index contributed by atoms with van der Waals surface area (Å²) in [6.07, 6.45) is 5.16. The number of carbonyl (C=O) groups is 1. The van der Waals surface area contributed by atoms with Gasteiger partial charge in [0.15, 0.2) is 5.82 Å². The summed E-state index contributed by atoms with van der Waals surface area (Å²) in [6, 6.07) is 6.07. The highest BCUT2D eigenvalue weighted by molar-refractivity contribution is 5.77. The molecule has 2 aliphatic rings. The normalized spacial score (nSPS) is 19.3. The fourth-order valence-electron chi connectivity index (χ4n) is 3.94. The summed E-state index contributed by atoms with van der Waals surface area (Å²) in [5, 5.41) is 4.29. The molecule has 1 aromatic carbocycles. The Morgan fingerprint density at radius 3 is 2.63 bits per heavy atom. The predicted molar refractivity (Wildman–Crippen MR) is 96.4 cm³/mol. The van der Waals surface area contributed by atoms with Gasteiger partial charge in [-0.15, -0.1) is 0 Å². The Morgan fingerprint density at radius 2 is 2.00 bits per heavy atom. The number of piperidine rings is 1. The number of carbonyl (C=O) groups excluding carboxylic acids is 1. The first kappa shape index (κ1) is 18.1. The van der Waals surface area contributed by atoms with Gasteiger partial charge in [-0.3, -0.25) is 4.79 Å². The standard InChI is InChI=1S/C20H24FN3O3/c1-26-13-17(25)24-10-8-20(9-11-24,12-14-2-3-14)19-22-18(27-23-19)15-4-6-16(21)7-5-15/h4-7,14H,2-3,8-13H2,1H3. The van der Waals surface area contributed by atoms with E-state index in [1.165, 1.54) is 32.1 Å². The van der Waals surface area contributed by atoms with Crippen molar-refractivity contribution in [3.05, 3.63) is 35.9 Å². The molecular formula is C20H24FN3O3. The van der Waals surface area contributed by atoms with Crippen molar-refractivity contribution in [1.82, 2.24) is 15.0 Å². The lowest BCUT2D eigenvalue weighted by molar-refractivity contribution is -0.136. The van der Waals surface area contributed by atoms with Crippen molar-refractivity contribution in [3.63, 3.8) is 0 Å². The van der Waals surface area contributed by atoms with Crippen LogP contribution in [0.15, 0.2) is 28.8 Å². The van der Waals surface area contributed by atoms with E-state index >= 15 is 0 Å². The minimum Gasteiger partial charge on any atom is -0.375 e. The maximum Gasteiger partial charge on any atom is 0.257 e. The van der Waals surface area contributed by atoms with Gasteiger partial charge in [-0.25, -0.2) is 4.39 Å². The average Bonchev–Trinajstić information content (AvgIpc) is 3.34.